The molecule has 3 nitrogen and oxygen atoms in total. The van der Waals surface area contributed by atoms with Crippen LogP contribution in [0, 0.1) is 0 Å². The van der Waals surface area contributed by atoms with Gasteiger partial charge in [0.25, 0.3) is 0 Å². The van der Waals surface area contributed by atoms with Crippen molar-refractivity contribution in [3.05, 3.63) is 118 Å². The molecular weight excluding hydrogens is 403 g/mol. The molecule has 0 fully saturated rings. The molecule has 4 aromatic rings. The summed E-state index contributed by atoms with van der Waals surface area (Å²) in [5.41, 5.74) is 5.08. The lowest BCUT2D eigenvalue weighted by Gasteiger charge is -2.20. The summed E-state index contributed by atoms with van der Waals surface area (Å²) in [4.78, 5) is 8.24. The van der Waals surface area contributed by atoms with Gasteiger partial charge in [-0.3, -0.25) is 0 Å². The van der Waals surface area contributed by atoms with Gasteiger partial charge in [0.05, 0.1) is 6.61 Å². The molecule has 1 aromatic heterocycles. The van der Waals surface area contributed by atoms with Crippen LogP contribution in [0.25, 0.3) is 11.1 Å². The molecule has 1 heterocycles. The highest BCUT2D eigenvalue weighted by atomic mass is 35.5. The molecule has 0 aliphatic rings. The predicted octanol–water partition coefficient (Wildman–Crippen LogP) is 6.76. The highest BCUT2D eigenvalue weighted by Gasteiger charge is 2.19. The van der Waals surface area contributed by atoms with E-state index >= 15 is 0 Å². The maximum absolute atomic E-state index is 6.44. The lowest BCUT2D eigenvalue weighted by Crippen LogP contribution is -2.08. The number of nitrogens with zero attached hydrogens (tertiary/aromatic N) is 2. The van der Waals surface area contributed by atoms with Crippen molar-refractivity contribution in [2.75, 3.05) is 0 Å². The summed E-state index contributed by atoms with van der Waals surface area (Å²) in [5, 5.41) is 1.13. The highest BCUT2D eigenvalue weighted by molar-refractivity contribution is 6.35. The Labute approximate surface area is 179 Å². The van der Waals surface area contributed by atoms with E-state index in [1.165, 1.54) is 17.5 Å². The average molecular weight is 421 g/mol. The molecule has 144 valence electrons. The molecule has 1 atom stereocenters. The quantitative estimate of drug-likeness (QED) is 0.345. The number of aromatic nitrogens is 2. The van der Waals surface area contributed by atoms with Gasteiger partial charge in [0.2, 0.25) is 0 Å². The van der Waals surface area contributed by atoms with E-state index in [2.05, 4.69) is 46.4 Å². The summed E-state index contributed by atoms with van der Waals surface area (Å²) in [5.74, 6) is 0. The fourth-order valence-corrected chi connectivity index (χ4v) is 3.64. The Bertz CT molecular complexity index is 1070. The molecule has 5 heteroatoms. The molecule has 0 radical (unpaired) electrons. The third kappa shape index (κ3) is 4.83. The molecule has 29 heavy (non-hydrogen) atoms. The van der Waals surface area contributed by atoms with Gasteiger partial charge < -0.3 is 4.74 Å². The Morgan fingerprint density at radius 1 is 0.793 bits per heavy atom. The molecular formula is C24H18Cl2N2O. The Morgan fingerprint density at radius 2 is 1.48 bits per heavy atom. The molecule has 0 bridgehead atoms. The van der Waals surface area contributed by atoms with Crippen LogP contribution in [0.1, 0.15) is 22.8 Å². The Balaban J connectivity index is 1.55. The number of halogens is 2. The lowest BCUT2D eigenvalue weighted by molar-refractivity contribution is 0.0663. The van der Waals surface area contributed by atoms with Crippen molar-refractivity contribution in [3.8, 4) is 11.1 Å². The van der Waals surface area contributed by atoms with E-state index in [9.17, 15) is 0 Å². The minimum atomic E-state index is -0.394. The minimum Gasteiger partial charge on any atom is -0.364 e. The maximum atomic E-state index is 6.44. The Kier molecular flexibility index (Phi) is 6.20. The van der Waals surface area contributed by atoms with Crippen molar-refractivity contribution in [3.63, 3.8) is 0 Å². The third-order valence-electron chi connectivity index (χ3n) is 4.61. The predicted molar refractivity (Wildman–Crippen MR) is 117 cm³/mol. The summed E-state index contributed by atoms with van der Waals surface area (Å²) in [6, 6.07) is 24.0. The van der Waals surface area contributed by atoms with Crippen LogP contribution in [0.3, 0.4) is 0 Å². The van der Waals surface area contributed by atoms with Crippen molar-refractivity contribution in [2.24, 2.45) is 0 Å². The molecule has 0 aliphatic heterocycles. The molecule has 0 saturated carbocycles. The summed E-state index contributed by atoms with van der Waals surface area (Å²) in [6.07, 6.45) is 4.57. The summed E-state index contributed by atoms with van der Waals surface area (Å²) >= 11 is 12.5. The van der Waals surface area contributed by atoms with Crippen molar-refractivity contribution < 1.29 is 4.74 Å². The van der Waals surface area contributed by atoms with Gasteiger partial charge >= 0.3 is 0 Å². The van der Waals surface area contributed by atoms with Gasteiger partial charge in [-0.2, -0.15) is 0 Å². The largest absolute Gasteiger partial charge is 0.364 e. The molecule has 1 unspecified atom stereocenters. The normalized spacial score (nSPS) is 11.9. The zero-order valence-corrected chi connectivity index (χ0v) is 17.0. The molecule has 0 amide bonds. The fourth-order valence-electron chi connectivity index (χ4n) is 3.13. The molecule has 0 saturated heterocycles. The van der Waals surface area contributed by atoms with Crippen LogP contribution in [0.5, 0.6) is 0 Å². The van der Waals surface area contributed by atoms with Gasteiger partial charge in [0, 0.05) is 33.6 Å². The summed E-state index contributed by atoms with van der Waals surface area (Å²) < 4.78 is 6.26. The Hall–Kier alpha value is -2.72. The number of hydrogen-bond donors (Lipinski definition) is 0. The summed E-state index contributed by atoms with van der Waals surface area (Å²) in [6.45, 7) is 0.424. The van der Waals surface area contributed by atoms with Gasteiger partial charge in [0.1, 0.15) is 12.4 Å². The number of benzene rings is 3. The number of ether oxygens (including phenoxy) is 1. The van der Waals surface area contributed by atoms with E-state index in [0.29, 0.717) is 16.7 Å². The lowest BCUT2D eigenvalue weighted by atomic mass is 10.0. The maximum Gasteiger partial charge on any atom is 0.115 e. The van der Waals surface area contributed by atoms with Gasteiger partial charge in [0.15, 0.2) is 0 Å². The molecule has 3 aromatic carbocycles. The van der Waals surface area contributed by atoms with Gasteiger partial charge in [-0.1, -0.05) is 83.9 Å². The third-order valence-corrected chi connectivity index (χ3v) is 5.17. The first-order valence-corrected chi connectivity index (χ1v) is 9.92. The van der Waals surface area contributed by atoms with Crippen LogP contribution in [0.4, 0.5) is 0 Å². The number of rotatable bonds is 6. The standard InChI is InChI=1S/C24H18Cl2N2O/c25-21-10-11-22(23(26)12-21)24(20-13-27-16-28-14-20)29-15-17-6-8-19(9-7-17)18-4-2-1-3-5-18/h1-14,16,24H,15H2. The number of hydrogen-bond acceptors (Lipinski definition) is 3. The first kappa shape index (κ1) is 19.6. The van der Waals surface area contributed by atoms with Crippen LogP contribution in [0.2, 0.25) is 10.0 Å². The summed E-state index contributed by atoms with van der Waals surface area (Å²) in [7, 11) is 0. The zero-order valence-electron chi connectivity index (χ0n) is 15.5. The van der Waals surface area contributed by atoms with Gasteiger partial charge in [-0.25, -0.2) is 9.97 Å². The second-order valence-electron chi connectivity index (χ2n) is 6.59. The topological polar surface area (TPSA) is 35.0 Å². The molecule has 0 N–H and O–H groups in total. The highest BCUT2D eigenvalue weighted by Crippen LogP contribution is 2.33. The first-order chi connectivity index (χ1) is 14.2. The minimum absolute atomic E-state index is 0.394. The van der Waals surface area contributed by atoms with Gasteiger partial charge in [-0.05, 0) is 28.8 Å². The van der Waals surface area contributed by atoms with Crippen LogP contribution in [0.15, 0.2) is 91.5 Å². The van der Waals surface area contributed by atoms with E-state index in [1.807, 2.05) is 24.3 Å². The van der Waals surface area contributed by atoms with Crippen molar-refractivity contribution >= 4 is 23.2 Å². The van der Waals surface area contributed by atoms with E-state index < -0.39 is 6.10 Å². The van der Waals surface area contributed by atoms with Crippen LogP contribution < -0.4 is 0 Å². The van der Waals surface area contributed by atoms with Gasteiger partial charge in [-0.15, -0.1) is 0 Å². The zero-order chi connectivity index (χ0) is 20.1. The van der Waals surface area contributed by atoms with Crippen LogP contribution in [-0.2, 0) is 11.3 Å². The Morgan fingerprint density at radius 3 is 2.17 bits per heavy atom. The smallest absolute Gasteiger partial charge is 0.115 e. The van der Waals surface area contributed by atoms with E-state index in [1.54, 1.807) is 24.5 Å². The van der Waals surface area contributed by atoms with Crippen LogP contribution >= 0.6 is 23.2 Å². The van der Waals surface area contributed by atoms with E-state index in [-0.39, 0.29) is 0 Å². The fraction of sp³-hybridized carbons (Fsp3) is 0.0833. The second-order valence-corrected chi connectivity index (χ2v) is 7.44. The SMILES string of the molecule is Clc1ccc(C(OCc2ccc(-c3ccccc3)cc2)c2cncnc2)c(Cl)c1. The second kappa shape index (κ2) is 9.19. The van der Waals surface area contributed by atoms with Crippen molar-refractivity contribution in [1.82, 2.24) is 9.97 Å². The first-order valence-electron chi connectivity index (χ1n) is 9.16. The molecule has 0 spiro atoms. The molecule has 0 aliphatic carbocycles. The average Bonchev–Trinajstić information content (AvgIpc) is 2.77. The van der Waals surface area contributed by atoms with E-state index in [0.717, 1.165) is 16.7 Å². The van der Waals surface area contributed by atoms with Crippen molar-refractivity contribution in [1.29, 1.82) is 0 Å². The van der Waals surface area contributed by atoms with E-state index in [4.69, 9.17) is 27.9 Å². The molecule has 4 rings (SSSR count). The van der Waals surface area contributed by atoms with Crippen LogP contribution in [-0.4, -0.2) is 9.97 Å². The monoisotopic (exact) mass is 420 g/mol. The van der Waals surface area contributed by atoms with Crippen molar-refractivity contribution in [2.45, 2.75) is 12.7 Å².